The van der Waals surface area contributed by atoms with Crippen molar-refractivity contribution in [2.24, 2.45) is 7.05 Å². The Balaban J connectivity index is 1.64. The molecule has 10 heteroatoms. The van der Waals surface area contributed by atoms with Crippen LogP contribution in [-0.2, 0) is 21.4 Å². The van der Waals surface area contributed by atoms with Gasteiger partial charge in [-0.05, 0) is 23.8 Å². The fourth-order valence-corrected chi connectivity index (χ4v) is 3.59. The zero-order chi connectivity index (χ0) is 22.9. The molecule has 3 aromatic rings. The third kappa shape index (κ3) is 6.42. The van der Waals surface area contributed by atoms with Crippen molar-refractivity contribution in [3.05, 3.63) is 72.1 Å². The van der Waals surface area contributed by atoms with Crippen LogP contribution in [0.4, 0.5) is 5.69 Å². The lowest BCUT2D eigenvalue weighted by Crippen LogP contribution is -2.30. The van der Waals surface area contributed by atoms with Crippen molar-refractivity contribution in [2.75, 3.05) is 18.2 Å². The van der Waals surface area contributed by atoms with Gasteiger partial charge in [-0.2, -0.15) is 0 Å². The van der Waals surface area contributed by atoms with E-state index in [1.807, 2.05) is 30.3 Å². The fraction of sp³-hybridized carbons (Fsp3) is 0.227. The summed E-state index contributed by atoms with van der Waals surface area (Å²) in [6.07, 6.45) is 1.56. The molecule has 1 heterocycles. The Kier molecular flexibility index (Phi) is 7.98. The lowest BCUT2D eigenvalue weighted by atomic mass is 10.0. The molecule has 0 fully saturated rings. The smallest absolute Gasteiger partial charge is 0.307 e. The Labute approximate surface area is 189 Å². The SMILES string of the molecule is COC(=O)CC(NC(=O)c1cccc(NC(=O)CSc2nncn2C)c1)c1ccccc1. The van der Waals surface area contributed by atoms with E-state index in [1.165, 1.54) is 18.9 Å². The first-order valence-electron chi connectivity index (χ1n) is 9.75. The number of aryl methyl sites for hydroxylation is 1. The molecule has 2 aromatic carbocycles. The van der Waals surface area contributed by atoms with Gasteiger partial charge < -0.3 is 19.9 Å². The van der Waals surface area contributed by atoms with Crippen molar-refractivity contribution >= 4 is 35.2 Å². The van der Waals surface area contributed by atoms with Gasteiger partial charge >= 0.3 is 5.97 Å². The quantitative estimate of drug-likeness (QED) is 0.378. The van der Waals surface area contributed by atoms with Gasteiger partial charge in [0.2, 0.25) is 5.91 Å². The zero-order valence-corrected chi connectivity index (χ0v) is 18.5. The fourth-order valence-electron chi connectivity index (χ4n) is 2.90. The molecule has 0 bridgehead atoms. The summed E-state index contributed by atoms with van der Waals surface area (Å²) < 4.78 is 6.48. The van der Waals surface area contributed by atoms with Crippen LogP contribution in [0.1, 0.15) is 28.4 Å². The van der Waals surface area contributed by atoms with E-state index in [4.69, 9.17) is 4.74 Å². The summed E-state index contributed by atoms with van der Waals surface area (Å²) in [6, 6.07) is 15.2. The average Bonchev–Trinajstić information content (AvgIpc) is 3.22. The number of nitrogens with one attached hydrogen (secondary N) is 2. The third-order valence-electron chi connectivity index (χ3n) is 4.52. The molecule has 1 atom stereocenters. The van der Waals surface area contributed by atoms with Crippen LogP contribution in [0.5, 0.6) is 0 Å². The minimum absolute atomic E-state index is 0.00193. The van der Waals surface area contributed by atoms with Gasteiger partial charge in [0.05, 0.1) is 25.3 Å². The number of ether oxygens (including phenoxy) is 1. The first kappa shape index (κ1) is 23.0. The highest BCUT2D eigenvalue weighted by Crippen LogP contribution is 2.19. The number of esters is 1. The van der Waals surface area contributed by atoms with E-state index < -0.39 is 12.0 Å². The summed E-state index contributed by atoms with van der Waals surface area (Å²) in [5.41, 5.74) is 1.64. The van der Waals surface area contributed by atoms with E-state index in [2.05, 4.69) is 20.8 Å². The van der Waals surface area contributed by atoms with Crippen molar-refractivity contribution in [2.45, 2.75) is 17.6 Å². The summed E-state index contributed by atoms with van der Waals surface area (Å²) in [5.74, 6) is -0.880. The number of benzene rings is 2. The topological polar surface area (TPSA) is 115 Å². The minimum Gasteiger partial charge on any atom is -0.469 e. The van der Waals surface area contributed by atoms with Gasteiger partial charge in [-0.15, -0.1) is 10.2 Å². The highest BCUT2D eigenvalue weighted by Gasteiger charge is 2.20. The second-order valence-corrected chi connectivity index (χ2v) is 7.80. The Bertz CT molecular complexity index is 1090. The monoisotopic (exact) mass is 453 g/mol. The molecule has 166 valence electrons. The second kappa shape index (κ2) is 11.1. The summed E-state index contributed by atoms with van der Waals surface area (Å²) in [7, 11) is 3.10. The molecule has 1 unspecified atom stereocenters. The number of hydrogen-bond acceptors (Lipinski definition) is 7. The van der Waals surface area contributed by atoms with Crippen molar-refractivity contribution in [3.63, 3.8) is 0 Å². The van der Waals surface area contributed by atoms with Crippen LogP contribution in [0.25, 0.3) is 0 Å². The molecular weight excluding hydrogens is 430 g/mol. The molecule has 0 aliphatic heterocycles. The number of carbonyl (C=O) groups excluding carboxylic acids is 3. The minimum atomic E-state index is -0.544. The maximum atomic E-state index is 12.9. The highest BCUT2D eigenvalue weighted by molar-refractivity contribution is 7.99. The number of anilines is 1. The number of aromatic nitrogens is 3. The Morgan fingerprint density at radius 2 is 1.91 bits per heavy atom. The predicted molar refractivity (Wildman–Crippen MR) is 120 cm³/mol. The zero-order valence-electron chi connectivity index (χ0n) is 17.6. The number of amides is 2. The molecule has 0 radical (unpaired) electrons. The van der Waals surface area contributed by atoms with Crippen molar-refractivity contribution in [1.82, 2.24) is 20.1 Å². The van der Waals surface area contributed by atoms with Crippen LogP contribution in [0, 0.1) is 0 Å². The number of rotatable bonds is 9. The average molecular weight is 454 g/mol. The maximum Gasteiger partial charge on any atom is 0.307 e. The van der Waals surface area contributed by atoms with Gasteiger partial charge in [-0.1, -0.05) is 48.2 Å². The summed E-state index contributed by atoms with van der Waals surface area (Å²) in [4.78, 5) is 37.0. The van der Waals surface area contributed by atoms with Gasteiger partial charge in [-0.3, -0.25) is 14.4 Å². The molecule has 0 saturated heterocycles. The Hall–Kier alpha value is -3.66. The van der Waals surface area contributed by atoms with Crippen molar-refractivity contribution < 1.29 is 19.1 Å². The molecule has 1 aromatic heterocycles. The molecule has 2 N–H and O–H groups in total. The summed E-state index contributed by atoms with van der Waals surface area (Å²) in [5, 5.41) is 14.0. The molecule has 0 aliphatic carbocycles. The number of hydrogen-bond donors (Lipinski definition) is 2. The first-order valence-corrected chi connectivity index (χ1v) is 10.7. The second-order valence-electron chi connectivity index (χ2n) is 6.86. The standard InChI is InChI=1S/C22H23N5O4S/c1-27-14-23-26-22(27)32-13-19(28)24-17-10-6-9-16(11-17)21(30)25-18(12-20(29)31-2)15-7-4-3-5-8-15/h3-11,14,18H,12-13H2,1-2H3,(H,24,28)(H,25,30). The van der Waals surface area contributed by atoms with Crippen LogP contribution in [0.15, 0.2) is 66.1 Å². The molecule has 9 nitrogen and oxygen atoms in total. The van der Waals surface area contributed by atoms with Gasteiger partial charge in [0, 0.05) is 18.3 Å². The molecule has 0 spiro atoms. The van der Waals surface area contributed by atoms with Crippen LogP contribution < -0.4 is 10.6 Å². The van der Waals surface area contributed by atoms with Gasteiger partial charge in [0.25, 0.3) is 5.91 Å². The van der Waals surface area contributed by atoms with Crippen LogP contribution in [0.2, 0.25) is 0 Å². The predicted octanol–water partition coefficient (Wildman–Crippen LogP) is 2.58. The van der Waals surface area contributed by atoms with Gasteiger partial charge in [0.15, 0.2) is 5.16 Å². The number of thioether (sulfide) groups is 1. The molecule has 2 amide bonds. The third-order valence-corrected chi connectivity index (χ3v) is 5.55. The normalized spacial score (nSPS) is 11.4. The number of carbonyl (C=O) groups is 3. The Morgan fingerprint density at radius 3 is 2.59 bits per heavy atom. The van der Waals surface area contributed by atoms with E-state index in [9.17, 15) is 14.4 Å². The number of methoxy groups -OCH3 is 1. The van der Waals surface area contributed by atoms with E-state index in [1.54, 1.807) is 42.2 Å². The van der Waals surface area contributed by atoms with Crippen LogP contribution >= 0.6 is 11.8 Å². The lowest BCUT2D eigenvalue weighted by molar-refractivity contribution is -0.141. The first-order chi connectivity index (χ1) is 15.5. The molecular formula is C22H23N5O4S. The van der Waals surface area contributed by atoms with E-state index >= 15 is 0 Å². The van der Waals surface area contributed by atoms with Gasteiger partial charge in [0.1, 0.15) is 6.33 Å². The van der Waals surface area contributed by atoms with Crippen molar-refractivity contribution in [1.29, 1.82) is 0 Å². The highest BCUT2D eigenvalue weighted by atomic mass is 32.2. The Morgan fingerprint density at radius 1 is 1.12 bits per heavy atom. The maximum absolute atomic E-state index is 12.9. The molecule has 32 heavy (non-hydrogen) atoms. The number of nitrogens with zero attached hydrogens (tertiary/aromatic N) is 3. The van der Waals surface area contributed by atoms with E-state index in [0.717, 1.165) is 5.56 Å². The lowest BCUT2D eigenvalue weighted by Gasteiger charge is -2.18. The van der Waals surface area contributed by atoms with E-state index in [0.29, 0.717) is 16.4 Å². The van der Waals surface area contributed by atoms with Crippen LogP contribution in [-0.4, -0.2) is 45.4 Å². The largest absolute Gasteiger partial charge is 0.469 e. The van der Waals surface area contributed by atoms with E-state index in [-0.39, 0.29) is 24.0 Å². The van der Waals surface area contributed by atoms with Crippen LogP contribution in [0.3, 0.4) is 0 Å². The van der Waals surface area contributed by atoms with Crippen molar-refractivity contribution in [3.8, 4) is 0 Å². The molecule has 0 aliphatic rings. The van der Waals surface area contributed by atoms with Gasteiger partial charge in [-0.25, -0.2) is 0 Å². The summed E-state index contributed by atoms with van der Waals surface area (Å²) >= 11 is 1.26. The molecule has 3 rings (SSSR count). The molecule has 0 saturated carbocycles. The summed E-state index contributed by atoms with van der Waals surface area (Å²) in [6.45, 7) is 0.